The molecule has 0 radical (unpaired) electrons. The molecule has 1 aliphatic heterocycles. The van der Waals surface area contributed by atoms with E-state index in [4.69, 9.17) is 0 Å². The van der Waals surface area contributed by atoms with E-state index in [-0.39, 0.29) is 23.7 Å². The summed E-state index contributed by atoms with van der Waals surface area (Å²) in [5.74, 6) is -0.130. The number of hydrogen-bond acceptors (Lipinski definition) is 6. The molecule has 9 heteroatoms. The highest BCUT2D eigenvalue weighted by Crippen LogP contribution is 2.20. The average molecular weight is 407 g/mol. The third-order valence-electron chi connectivity index (χ3n) is 5.42. The van der Waals surface area contributed by atoms with Crippen molar-refractivity contribution in [1.82, 2.24) is 14.5 Å². The van der Waals surface area contributed by atoms with E-state index in [1.807, 2.05) is 19.1 Å². The quantitative estimate of drug-likeness (QED) is 0.484. The number of aryl methyl sites for hydroxylation is 1. The Hall–Kier alpha value is -3.75. The summed E-state index contributed by atoms with van der Waals surface area (Å²) in [6.07, 6.45) is 1.43. The van der Waals surface area contributed by atoms with E-state index in [0.29, 0.717) is 37.1 Å². The number of fused-ring (bicyclic) bond motifs is 1. The van der Waals surface area contributed by atoms with E-state index in [9.17, 15) is 19.7 Å². The summed E-state index contributed by atoms with van der Waals surface area (Å²) >= 11 is 0. The first-order valence-corrected chi connectivity index (χ1v) is 9.66. The number of amides is 1. The fourth-order valence-electron chi connectivity index (χ4n) is 3.70. The Kier molecular flexibility index (Phi) is 5.18. The van der Waals surface area contributed by atoms with Crippen molar-refractivity contribution in [2.24, 2.45) is 0 Å². The highest BCUT2D eigenvalue weighted by molar-refractivity contribution is 5.81. The second-order valence-electron chi connectivity index (χ2n) is 7.29. The fourth-order valence-corrected chi connectivity index (χ4v) is 3.70. The van der Waals surface area contributed by atoms with Gasteiger partial charge in [0, 0.05) is 44.0 Å². The van der Waals surface area contributed by atoms with Crippen molar-refractivity contribution < 1.29 is 9.72 Å². The summed E-state index contributed by atoms with van der Waals surface area (Å²) in [7, 11) is 0. The summed E-state index contributed by atoms with van der Waals surface area (Å²) in [6, 6.07) is 11.8. The molecule has 0 spiro atoms. The van der Waals surface area contributed by atoms with Crippen molar-refractivity contribution in [3.8, 4) is 0 Å². The zero-order chi connectivity index (χ0) is 21.3. The molecule has 1 amide bonds. The Labute approximate surface area is 172 Å². The number of carbonyl (C=O) groups excluding carboxylic acids is 1. The number of benzene rings is 2. The van der Waals surface area contributed by atoms with Gasteiger partial charge in [-0.3, -0.25) is 24.3 Å². The molecule has 3 aromatic rings. The van der Waals surface area contributed by atoms with Gasteiger partial charge in [0.1, 0.15) is 6.54 Å². The van der Waals surface area contributed by atoms with Gasteiger partial charge < -0.3 is 9.80 Å². The minimum atomic E-state index is -0.425. The van der Waals surface area contributed by atoms with Crippen LogP contribution < -0.4 is 10.5 Å². The van der Waals surface area contributed by atoms with E-state index < -0.39 is 4.92 Å². The summed E-state index contributed by atoms with van der Waals surface area (Å²) in [5, 5.41) is 11.3. The number of para-hydroxylation sites is 1. The van der Waals surface area contributed by atoms with Crippen molar-refractivity contribution in [2.45, 2.75) is 13.5 Å². The van der Waals surface area contributed by atoms with Gasteiger partial charge in [-0.25, -0.2) is 4.98 Å². The van der Waals surface area contributed by atoms with Gasteiger partial charge in [0.25, 0.3) is 11.2 Å². The number of piperazine rings is 1. The van der Waals surface area contributed by atoms with Crippen LogP contribution in [-0.2, 0) is 11.3 Å². The zero-order valence-corrected chi connectivity index (χ0v) is 16.5. The molecule has 9 nitrogen and oxygen atoms in total. The topological polar surface area (TPSA) is 102 Å². The van der Waals surface area contributed by atoms with E-state index in [1.54, 1.807) is 23.1 Å². The van der Waals surface area contributed by atoms with Crippen molar-refractivity contribution in [2.75, 3.05) is 31.1 Å². The number of nitro benzene ring substituents is 1. The molecule has 0 saturated carbocycles. The summed E-state index contributed by atoms with van der Waals surface area (Å²) in [6.45, 7) is 4.12. The van der Waals surface area contributed by atoms with Gasteiger partial charge >= 0.3 is 0 Å². The van der Waals surface area contributed by atoms with Crippen molar-refractivity contribution in [3.63, 3.8) is 0 Å². The molecule has 0 bridgehead atoms. The maximum atomic E-state index is 12.7. The molecule has 4 rings (SSSR count). The predicted octanol–water partition coefficient (Wildman–Crippen LogP) is 1.96. The van der Waals surface area contributed by atoms with Crippen molar-refractivity contribution in [3.05, 3.63) is 74.8 Å². The highest BCUT2D eigenvalue weighted by Gasteiger charge is 2.22. The van der Waals surface area contributed by atoms with Crippen molar-refractivity contribution >= 4 is 28.2 Å². The van der Waals surface area contributed by atoms with Crippen LogP contribution in [0.25, 0.3) is 10.9 Å². The van der Waals surface area contributed by atoms with Crippen LogP contribution in [0.3, 0.4) is 0 Å². The van der Waals surface area contributed by atoms with Gasteiger partial charge in [0.15, 0.2) is 0 Å². The number of non-ortho nitro benzene ring substituents is 1. The number of carbonyl (C=O) groups is 1. The Balaban J connectivity index is 1.41. The molecule has 0 N–H and O–H groups in total. The van der Waals surface area contributed by atoms with Gasteiger partial charge in [-0.15, -0.1) is 0 Å². The predicted molar refractivity (Wildman–Crippen MR) is 113 cm³/mol. The Morgan fingerprint density at radius 2 is 1.80 bits per heavy atom. The van der Waals surface area contributed by atoms with Crippen molar-refractivity contribution in [1.29, 1.82) is 0 Å². The molecule has 2 aromatic carbocycles. The van der Waals surface area contributed by atoms with Crippen LogP contribution in [0.15, 0.2) is 53.6 Å². The number of nitro groups is 1. The Morgan fingerprint density at radius 3 is 2.47 bits per heavy atom. The first kappa shape index (κ1) is 19.6. The molecule has 1 fully saturated rings. The minimum Gasteiger partial charge on any atom is -0.368 e. The molecule has 154 valence electrons. The van der Waals surface area contributed by atoms with Crippen LogP contribution >= 0.6 is 0 Å². The second-order valence-corrected chi connectivity index (χ2v) is 7.29. The number of anilines is 1. The lowest BCUT2D eigenvalue weighted by molar-refractivity contribution is -0.384. The molecule has 0 unspecified atom stereocenters. The fraction of sp³-hybridized carbons (Fsp3) is 0.286. The lowest BCUT2D eigenvalue weighted by atomic mass is 10.1. The van der Waals surface area contributed by atoms with Crippen LogP contribution in [0.5, 0.6) is 0 Å². The lowest BCUT2D eigenvalue weighted by Crippen LogP contribution is -2.50. The molecule has 0 aliphatic carbocycles. The third kappa shape index (κ3) is 3.73. The van der Waals surface area contributed by atoms with Crippen LogP contribution in [0, 0.1) is 17.0 Å². The molecular formula is C21H21N5O4. The lowest BCUT2D eigenvalue weighted by Gasteiger charge is -2.36. The first-order valence-electron chi connectivity index (χ1n) is 9.66. The first-order chi connectivity index (χ1) is 14.4. The second kappa shape index (κ2) is 7.94. The monoisotopic (exact) mass is 407 g/mol. The highest BCUT2D eigenvalue weighted by atomic mass is 16.6. The maximum absolute atomic E-state index is 12.7. The summed E-state index contributed by atoms with van der Waals surface area (Å²) in [4.78, 5) is 44.0. The molecule has 30 heavy (non-hydrogen) atoms. The SMILES string of the molecule is Cc1cccc2c(=O)n(CC(=O)N3CCN(c4ccc([N+](=O)[O-])cc4)CC3)cnc12. The van der Waals surface area contributed by atoms with E-state index in [1.165, 1.54) is 23.0 Å². The minimum absolute atomic E-state index is 0.0484. The van der Waals surface area contributed by atoms with E-state index >= 15 is 0 Å². The standard InChI is InChI=1S/C21H21N5O4/c1-15-3-2-4-18-20(15)22-14-25(21(18)28)13-19(27)24-11-9-23(10-12-24)16-5-7-17(8-6-16)26(29)30/h2-8,14H,9-13H2,1H3. The molecule has 0 atom stereocenters. The van der Waals surface area contributed by atoms with Gasteiger partial charge in [-0.2, -0.15) is 0 Å². The average Bonchev–Trinajstić information content (AvgIpc) is 2.76. The van der Waals surface area contributed by atoms with Crippen LogP contribution in [0.4, 0.5) is 11.4 Å². The van der Waals surface area contributed by atoms with E-state index in [2.05, 4.69) is 9.88 Å². The largest absolute Gasteiger partial charge is 0.368 e. The maximum Gasteiger partial charge on any atom is 0.269 e. The zero-order valence-electron chi connectivity index (χ0n) is 16.5. The van der Waals surface area contributed by atoms with Crippen LogP contribution in [0.2, 0.25) is 0 Å². The molecule has 1 aliphatic rings. The van der Waals surface area contributed by atoms with Gasteiger partial charge in [-0.05, 0) is 30.7 Å². The summed E-state index contributed by atoms with van der Waals surface area (Å²) in [5.41, 5.74) is 2.30. The van der Waals surface area contributed by atoms with Crippen LogP contribution in [0.1, 0.15) is 5.56 Å². The number of rotatable bonds is 4. The summed E-state index contributed by atoms with van der Waals surface area (Å²) < 4.78 is 1.35. The molecule has 2 heterocycles. The van der Waals surface area contributed by atoms with Gasteiger partial charge in [0.05, 0.1) is 22.2 Å². The molecule has 1 saturated heterocycles. The smallest absolute Gasteiger partial charge is 0.269 e. The van der Waals surface area contributed by atoms with Gasteiger partial charge in [0.2, 0.25) is 5.91 Å². The Morgan fingerprint density at radius 1 is 1.10 bits per heavy atom. The van der Waals surface area contributed by atoms with Crippen LogP contribution in [-0.4, -0.2) is 51.5 Å². The number of hydrogen-bond donors (Lipinski definition) is 0. The van der Waals surface area contributed by atoms with E-state index in [0.717, 1.165) is 11.3 Å². The normalized spacial score (nSPS) is 14.2. The molecule has 1 aromatic heterocycles. The Bertz CT molecular complexity index is 1160. The number of aromatic nitrogens is 2. The number of nitrogens with zero attached hydrogens (tertiary/aromatic N) is 5. The van der Waals surface area contributed by atoms with Gasteiger partial charge in [-0.1, -0.05) is 12.1 Å². The third-order valence-corrected chi connectivity index (χ3v) is 5.42. The molecular weight excluding hydrogens is 386 g/mol.